The highest BCUT2D eigenvalue weighted by Crippen LogP contribution is 2.35. The number of nitrogens with zero attached hydrogens (tertiary/aromatic N) is 2. The third kappa shape index (κ3) is 4.91. The number of methoxy groups -OCH3 is 1. The summed E-state index contributed by atoms with van der Waals surface area (Å²) >= 11 is 0. The van der Waals surface area contributed by atoms with Gasteiger partial charge in [0.1, 0.15) is 11.6 Å². The van der Waals surface area contributed by atoms with Crippen LogP contribution in [0.5, 0.6) is 5.75 Å². The quantitative estimate of drug-likeness (QED) is 0.603. The lowest BCUT2D eigenvalue weighted by molar-refractivity contribution is -0.136. The predicted molar refractivity (Wildman–Crippen MR) is 102 cm³/mol. The number of aromatic nitrogens is 2. The lowest BCUT2D eigenvalue weighted by atomic mass is 10.1. The van der Waals surface area contributed by atoms with Gasteiger partial charge in [-0.05, 0) is 36.2 Å². The van der Waals surface area contributed by atoms with E-state index in [4.69, 9.17) is 4.74 Å². The van der Waals surface area contributed by atoms with Crippen molar-refractivity contribution in [3.63, 3.8) is 0 Å². The second-order valence-electron chi connectivity index (χ2n) is 5.92. The maximum atomic E-state index is 13.1. The summed E-state index contributed by atoms with van der Waals surface area (Å²) in [5.74, 6) is 1.39. The van der Waals surface area contributed by atoms with E-state index in [9.17, 15) is 13.2 Å². The van der Waals surface area contributed by atoms with Crippen molar-refractivity contribution >= 4 is 17.5 Å². The Morgan fingerprint density at radius 2 is 1.75 bits per heavy atom. The zero-order valence-corrected chi connectivity index (χ0v) is 15.1. The van der Waals surface area contributed by atoms with Gasteiger partial charge in [-0.1, -0.05) is 30.3 Å². The number of hydrogen-bond acceptors (Lipinski definition) is 5. The average molecular weight is 388 g/mol. The summed E-state index contributed by atoms with van der Waals surface area (Å²) < 4.78 is 44.7. The Hall–Kier alpha value is -3.29. The Balaban J connectivity index is 1.67. The van der Waals surface area contributed by atoms with Crippen LogP contribution in [0.2, 0.25) is 0 Å². The minimum Gasteiger partial charge on any atom is -0.496 e. The largest absolute Gasteiger partial charge is 0.496 e. The van der Waals surface area contributed by atoms with E-state index in [1.54, 1.807) is 7.11 Å². The smallest absolute Gasteiger partial charge is 0.418 e. The first kappa shape index (κ1) is 19.5. The molecule has 0 spiro atoms. The fraction of sp³-hybridized carbons (Fsp3) is 0.200. The normalized spacial score (nSPS) is 11.1. The van der Waals surface area contributed by atoms with Crippen LogP contribution in [-0.2, 0) is 12.6 Å². The Morgan fingerprint density at radius 1 is 1.00 bits per heavy atom. The van der Waals surface area contributed by atoms with Gasteiger partial charge < -0.3 is 15.4 Å². The molecule has 3 rings (SSSR count). The second kappa shape index (κ2) is 8.60. The standard InChI is InChI=1S/C20H19F3N4O/c1-28-17-9-5-2-6-14(17)10-12-24-19-25-13-11-18(27-19)26-16-8-4-3-7-15(16)20(21,22)23/h2-9,11,13H,10,12H2,1H3,(H2,24,25,26,27). The van der Waals surface area contributed by atoms with Crippen molar-refractivity contribution in [3.05, 3.63) is 71.9 Å². The van der Waals surface area contributed by atoms with Gasteiger partial charge in [0.2, 0.25) is 5.95 Å². The van der Waals surface area contributed by atoms with Crippen molar-refractivity contribution in [1.82, 2.24) is 9.97 Å². The Labute approximate surface area is 160 Å². The first-order chi connectivity index (χ1) is 13.5. The lowest BCUT2D eigenvalue weighted by Crippen LogP contribution is -2.11. The van der Waals surface area contributed by atoms with Crippen molar-refractivity contribution in [2.45, 2.75) is 12.6 Å². The van der Waals surface area contributed by atoms with Gasteiger partial charge >= 0.3 is 6.18 Å². The molecule has 0 bridgehead atoms. The third-order valence-corrected chi connectivity index (χ3v) is 4.02. The van der Waals surface area contributed by atoms with Crippen LogP contribution in [0.25, 0.3) is 0 Å². The Morgan fingerprint density at radius 3 is 2.54 bits per heavy atom. The van der Waals surface area contributed by atoms with E-state index in [2.05, 4.69) is 20.6 Å². The zero-order valence-electron chi connectivity index (χ0n) is 15.1. The minimum absolute atomic E-state index is 0.0614. The van der Waals surface area contributed by atoms with Gasteiger partial charge in [-0.3, -0.25) is 0 Å². The van der Waals surface area contributed by atoms with Gasteiger partial charge in [-0.25, -0.2) is 4.98 Å². The molecule has 0 unspecified atom stereocenters. The maximum absolute atomic E-state index is 13.1. The number of nitrogens with one attached hydrogen (secondary N) is 2. The molecule has 0 atom stereocenters. The molecular formula is C20H19F3N4O. The molecule has 0 aliphatic heterocycles. The number of alkyl halides is 3. The van der Waals surface area contributed by atoms with Crippen LogP contribution < -0.4 is 15.4 Å². The van der Waals surface area contributed by atoms with Gasteiger partial charge in [-0.15, -0.1) is 0 Å². The van der Waals surface area contributed by atoms with Crippen LogP contribution in [0.15, 0.2) is 60.8 Å². The zero-order chi connectivity index (χ0) is 20.0. The van der Waals surface area contributed by atoms with Gasteiger partial charge in [0.05, 0.1) is 18.4 Å². The van der Waals surface area contributed by atoms with Crippen molar-refractivity contribution in [1.29, 1.82) is 0 Å². The molecule has 28 heavy (non-hydrogen) atoms. The van der Waals surface area contributed by atoms with Crippen LogP contribution in [0.3, 0.4) is 0 Å². The van der Waals surface area contributed by atoms with E-state index in [1.165, 1.54) is 30.5 Å². The number of para-hydroxylation sites is 2. The summed E-state index contributed by atoms with van der Waals surface area (Å²) in [6, 6.07) is 14.4. The van der Waals surface area contributed by atoms with Gasteiger partial charge in [-0.2, -0.15) is 18.2 Å². The highest BCUT2D eigenvalue weighted by Gasteiger charge is 2.33. The Kier molecular flexibility index (Phi) is 5.98. The molecule has 5 nitrogen and oxygen atoms in total. The number of anilines is 3. The molecule has 2 N–H and O–H groups in total. The van der Waals surface area contributed by atoms with Crippen LogP contribution in [0.1, 0.15) is 11.1 Å². The minimum atomic E-state index is -4.45. The highest BCUT2D eigenvalue weighted by atomic mass is 19.4. The summed E-state index contributed by atoms with van der Waals surface area (Å²) in [5, 5.41) is 5.79. The molecule has 8 heteroatoms. The molecule has 3 aromatic rings. The molecule has 1 aromatic heterocycles. The molecule has 146 valence electrons. The molecule has 1 heterocycles. The first-order valence-electron chi connectivity index (χ1n) is 8.59. The fourth-order valence-electron chi connectivity index (χ4n) is 2.71. The van der Waals surface area contributed by atoms with Crippen molar-refractivity contribution < 1.29 is 17.9 Å². The summed E-state index contributed by atoms with van der Waals surface area (Å²) in [7, 11) is 1.61. The number of hydrogen-bond donors (Lipinski definition) is 2. The molecule has 0 fully saturated rings. The van der Waals surface area contributed by atoms with E-state index in [1.807, 2.05) is 24.3 Å². The van der Waals surface area contributed by atoms with Crippen molar-refractivity contribution in [2.24, 2.45) is 0 Å². The molecule has 2 aromatic carbocycles. The molecule has 0 amide bonds. The predicted octanol–water partition coefficient (Wildman–Crippen LogP) is 4.90. The van der Waals surface area contributed by atoms with Crippen molar-refractivity contribution in [3.8, 4) is 5.75 Å². The SMILES string of the molecule is COc1ccccc1CCNc1nccc(Nc2ccccc2C(F)(F)F)n1. The van der Waals surface area contributed by atoms with Gasteiger partial charge in [0.25, 0.3) is 0 Å². The highest BCUT2D eigenvalue weighted by molar-refractivity contribution is 5.61. The monoisotopic (exact) mass is 388 g/mol. The topological polar surface area (TPSA) is 59.1 Å². The van der Waals surface area contributed by atoms with E-state index in [0.717, 1.165) is 17.4 Å². The van der Waals surface area contributed by atoms with Crippen LogP contribution in [0.4, 0.5) is 30.6 Å². The average Bonchev–Trinajstić information content (AvgIpc) is 2.68. The van der Waals surface area contributed by atoms with Crippen LogP contribution in [-0.4, -0.2) is 23.6 Å². The molecule has 0 aliphatic carbocycles. The van der Waals surface area contributed by atoms with Crippen molar-refractivity contribution in [2.75, 3.05) is 24.3 Å². The van der Waals surface area contributed by atoms with Crippen LogP contribution in [0, 0.1) is 0 Å². The third-order valence-electron chi connectivity index (χ3n) is 4.02. The van der Waals surface area contributed by atoms with Crippen LogP contribution >= 0.6 is 0 Å². The van der Waals surface area contributed by atoms with E-state index in [-0.39, 0.29) is 11.5 Å². The fourth-order valence-corrected chi connectivity index (χ4v) is 2.71. The lowest BCUT2D eigenvalue weighted by Gasteiger charge is -2.14. The molecular weight excluding hydrogens is 369 g/mol. The number of rotatable bonds is 7. The van der Waals surface area contributed by atoms with Gasteiger partial charge in [0, 0.05) is 12.7 Å². The molecule has 0 radical (unpaired) electrons. The maximum Gasteiger partial charge on any atom is 0.418 e. The van der Waals surface area contributed by atoms with E-state index in [0.29, 0.717) is 18.9 Å². The van der Waals surface area contributed by atoms with E-state index >= 15 is 0 Å². The Bertz CT molecular complexity index is 931. The van der Waals surface area contributed by atoms with Gasteiger partial charge in [0.15, 0.2) is 0 Å². The van der Waals surface area contributed by atoms with E-state index < -0.39 is 11.7 Å². The molecule has 0 saturated carbocycles. The second-order valence-corrected chi connectivity index (χ2v) is 5.92. The summed E-state index contributed by atoms with van der Waals surface area (Å²) in [6.07, 6.45) is -2.29. The number of ether oxygens (including phenoxy) is 1. The molecule has 0 aliphatic rings. The summed E-state index contributed by atoms with van der Waals surface area (Å²) in [4.78, 5) is 8.34. The number of halogens is 3. The first-order valence-corrected chi connectivity index (χ1v) is 8.59. The number of benzene rings is 2. The molecule has 0 saturated heterocycles. The summed E-state index contributed by atoms with van der Waals surface area (Å²) in [5.41, 5.74) is 0.221. The summed E-state index contributed by atoms with van der Waals surface area (Å²) in [6.45, 7) is 0.545.